The average Bonchev–Trinajstić information content (AvgIpc) is 3.48. The van der Waals surface area contributed by atoms with Gasteiger partial charge in [-0.3, -0.25) is 14.4 Å². The topological polar surface area (TPSA) is 116 Å². The molecule has 1 unspecified atom stereocenters. The molecule has 0 spiro atoms. The predicted octanol–water partition coefficient (Wildman–Crippen LogP) is 3.14. The number of nitrogens with zero attached hydrogens (tertiary/aromatic N) is 2. The lowest BCUT2D eigenvalue weighted by atomic mass is 9.82. The molecule has 190 valence electrons. The summed E-state index contributed by atoms with van der Waals surface area (Å²) in [7, 11) is 3.41. The second-order valence-corrected chi connectivity index (χ2v) is 11.0. The fourth-order valence-corrected chi connectivity index (χ4v) is 6.28. The minimum Gasteiger partial charge on any atom is -0.469 e. The molecule has 11 heteroatoms. The van der Waals surface area contributed by atoms with E-state index >= 15 is 0 Å². The van der Waals surface area contributed by atoms with Crippen molar-refractivity contribution in [2.24, 2.45) is 5.92 Å². The Hall–Kier alpha value is -2.95. The Morgan fingerprint density at radius 2 is 1.97 bits per heavy atom. The highest BCUT2D eigenvalue weighted by molar-refractivity contribution is 7.13. The Kier molecular flexibility index (Phi) is 7.00. The van der Waals surface area contributed by atoms with E-state index in [2.05, 4.69) is 32.5 Å². The van der Waals surface area contributed by atoms with E-state index in [0.29, 0.717) is 35.0 Å². The lowest BCUT2D eigenvalue weighted by molar-refractivity contribution is -0.146. The van der Waals surface area contributed by atoms with E-state index < -0.39 is 6.04 Å². The van der Waals surface area contributed by atoms with Gasteiger partial charge in [0.1, 0.15) is 5.69 Å². The molecule has 2 aromatic heterocycles. The number of benzene rings is 1. The summed E-state index contributed by atoms with van der Waals surface area (Å²) < 4.78 is 4.95. The Bertz CT molecular complexity index is 1320. The highest BCUT2D eigenvalue weighted by Gasteiger charge is 2.37. The standard InChI is InChI=1S/C25H28ClN5O4S/c1-31-8-7-18-21(12-31)36-24(30-18)23(33)28-17-5-3-13(25(34)35-2)10-19(17)29-22(32)20-11-14-9-15(26)4-6-16(14)27-20/h4,6,9,11,13,17,19,27H,3,5,7-8,10,12H2,1-2H3,(H,28,33)(H,29,32)/t13?,17-,19+/m1/s1. The molecular weight excluding hydrogens is 502 g/mol. The molecule has 9 nitrogen and oxygen atoms in total. The summed E-state index contributed by atoms with van der Waals surface area (Å²) >= 11 is 7.49. The molecular formula is C25H28ClN5O4S. The number of amides is 2. The number of nitrogens with one attached hydrogen (secondary N) is 3. The first kappa shape index (κ1) is 24.7. The van der Waals surface area contributed by atoms with E-state index in [0.717, 1.165) is 41.0 Å². The lowest BCUT2D eigenvalue weighted by Crippen LogP contribution is -2.55. The van der Waals surface area contributed by atoms with Gasteiger partial charge in [-0.15, -0.1) is 11.3 Å². The lowest BCUT2D eigenvalue weighted by Gasteiger charge is -2.35. The molecule has 1 aliphatic carbocycles. The van der Waals surface area contributed by atoms with Crippen LogP contribution in [0.25, 0.3) is 10.9 Å². The molecule has 3 atom stereocenters. The van der Waals surface area contributed by atoms with Crippen LogP contribution < -0.4 is 10.6 Å². The van der Waals surface area contributed by atoms with Gasteiger partial charge in [0.25, 0.3) is 11.8 Å². The zero-order valence-electron chi connectivity index (χ0n) is 20.1. The molecule has 1 fully saturated rings. The van der Waals surface area contributed by atoms with Crippen LogP contribution in [-0.2, 0) is 22.5 Å². The number of fused-ring (bicyclic) bond motifs is 2. The van der Waals surface area contributed by atoms with Crippen molar-refractivity contribution in [2.75, 3.05) is 20.7 Å². The number of hydrogen-bond donors (Lipinski definition) is 3. The zero-order valence-corrected chi connectivity index (χ0v) is 21.7. The summed E-state index contributed by atoms with van der Waals surface area (Å²) in [5.74, 6) is -1.23. The average molecular weight is 530 g/mol. The first-order valence-electron chi connectivity index (χ1n) is 12.0. The number of rotatable bonds is 5. The highest BCUT2D eigenvalue weighted by Crippen LogP contribution is 2.28. The maximum absolute atomic E-state index is 13.2. The summed E-state index contributed by atoms with van der Waals surface area (Å²) in [6.45, 7) is 1.71. The molecule has 0 radical (unpaired) electrons. The van der Waals surface area contributed by atoms with Crippen LogP contribution in [0.3, 0.4) is 0 Å². The van der Waals surface area contributed by atoms with Gasteiger partial charge in [-0.1, -0.05) is 11.6 Å². The number of ether oxygens (including phenoxy) is 1. The molecule has 3 heterocycles. The van der Waals surface area contributed by atoms with Crippen molar-refractivity contribution >= 4 is 51.6 Å². The third-order valence-corrected chi connectivity index (χ3v) is 8.28. The van der Waals surface area contributed by atoms with Crippen molar-refractivity contribution in [3.8, 4) is 0 Å². The van der Waals surface area contributed by atoms with Gasteiger partial charge in [0, 0.05) is 46.4 Å². The molecule has 1 aromatic carbocycles. The minimum atomic E-state index is -0.449. The Labute approximate surface area is 217 Å². The normalized spacial score (nSPS) is 22.1. The number of carbonyl (C=O) groups is 3. The van der Waals surface area contributed by atoms with Gasteiger partial charge >= 0.3 is 5.97 Å². The monoisotopic (exact) mass is 529 g/mol. The number of H-pyrrole nitrogens is 1. The number of hydrogen-bond acceptors (Lipinski definition) is 7. The highest BCUT2D eigenvalue weighted by atomic mass is 35.5. The minimum absolute atomic E-state index is 0.252. The van der Waals surface area contributed by atoms with Gasteiger partial charge in [-0.05, 0) is 50.6 Å². The number of aromatic amines is 1. The Morgan fingerprint density at radius 1 is 1.17 bits per heavy atom. The van der Waals surface area contributed by atoms with Gasteiger partial charge in [-0.2, -0.15) is 0 Å². The SMILES string of the molecule is COC(=O)C1CC[C@@H](NC(=O)c2nc3c(s2)CN(C)CC3)[C@@H](NC(=O)c2cc3cc(Cl)ccc3[nH]2)C1. The van der Waals surface area contributed by atoms with Crippen LogP contribution in [0.2, 0.25) is 5.02 Å². The molecule has 0 bridgehead atoms. The molecule has 5 rings (SSSR count). The fourth-order valence-electron chi connectivity index (χ4n) is 5.01. The maximum atomic E-state index is 13.2. The van der Waals surface area contributed by atoms with Crippen LogP contribution in [0, 0.1) is 5.92 Å². The van der Waals surface area contributed by atoms with Crippen LogP contribution >= 0.6 is 22.9 Å². The van der Waals surface area contributed by atoms with E-state index in [1.165, 1.54) is 18.4 Å². The van der Waals surface area contributed by atoms with E-state index in [4.69, 9.17) is 16.3 Å². The van der Waals surface area contributed by atoms with Crippen LogP contribution in [0.4, 0.5) is 0 Å². The van der Waals surface area contributed by atoms with Gasteiger partial charge < -0.3 is 25.3 Å². The number of esters is 1. The van der Waals surface area contributed by atoms with Crippen LogP contribution in [0.5, 0.6) is 0 Å². The number of likely N-dealkylation sites (N-methyl/N-ethyl adjacent to an activating group) is 1. The van der Waals surface area contributed by atoms with Crippen molar-refractivity contribution < 1.29 is 19.1 Å². The van der Waals surface area contributed by atoms with Crippen molar-refractivity contribution in [3.63, 3.8) is 0 Å². The second kappa shape index (κ2) is 10.2. The Morgan fingerprint density at radius 3 is 2.78 bits per heavy atom. The van der Waals surface area contributed by atoms with Crippen molar-refractivity contribution in [1.82, 2.24) is 25.5 Å². The van der Waals surface area contributed by atoms with Crippen molar-refractivity contribution in [1.29, 1.82) is 0 Å². The summed E-state index contributed by atoms with van der Waals surface area (Å²) in [5.41, 5.74) is 2.17. The molecule has 1 aliphatic heterocycles. The number of thiazole rings is 1. The van der Waals surface area contributed by atoms with Gasteiger partial charge in [0.15, 0.2) is 5.01 Å². The first-order valence-corrected chi connectivity index (χ1v) is 13.1. The summed E-state index contributed by atoms with van der Waals surface area (Å²) in [4.78, 5) is 49.6. The summed E-state index contributed by atoms with van der Waals surface area (Å²) in [5, 5.41) is 7.95. The molecule has 36 heavy (non-hydrogen) atoms. The largest absolute Gasteiger partial charge is 0.469 e. The third-order valence-electron chi connectivity index (χ3n) is 6.96. The third kappa shape index (κ3) is 5.11. The molecule has 2 aliphatic rings. The van der Waals surface area contributed by atoms with Gasteiger partial charge in [0.2, 0.25) is 0 Å². The van der Waals surface area contributed by atoms with Crippen molar-refractivity contribution in [2.45, 2.75) is 44.3 Å². The van der Waals surface area contributed by atoms with E-state index in [1.807, 2.05) is 6.07 Å². The number of halogens is 1. The molecule has 2 amide bonds. The summed E-state index contributed by atoms with van der Waals surface area (Å²) in [6, 6.07) is 6.30. The van der Waals surface area contributed by atoms with Crippen LogP contribution in [0.1, 0.15) is 50.1 Å². The number of methoxy groups -OCH3 is 1. The van der Waals surface area contributed by atoms with Crippen molar-refractivity contribution in [3.05, 3.63) is 50.6 Å². The molecule has 1 saturated carbocycles. The van der Waals surface area contributed by atoms with Gasteiger partial charge in [-0.25, -0.2) is 4.98 Å². The quantitative estimate of drug-likeness (QED) is 0.437. The maximum Gasteiger partial charge on any atom is 0.308 e. The summed E-state index contributed by atoms with van der Waals surface area (Å²) in [6.07, 6.45) is 2.30. The van der Waals surface area contributed by atoms with Crippen LogP contribution in [-0.4, -0.2) is 65.4 Å². The van der Waals surface area contributed by atoms with E-state index in [1.54, 1.807) is 18.2 Å². The number of aromatic nitrogens is 2. The fraction of sp³-hybridized carbons (Fsp3) is 0.440. The first-order chi connectivity index (χ1) is 17.3. The Balaban J connectivity index is 1.33. The molecule has 3 aromatic rings. The van der Waals surface area contributed by atoms with E-state index in [-0.39, 0.29) is 29.7 Å². The predicted molar refractivity (Wildman–Crippen MR) is 137 cm³/mol. The second-order valence-electron chi connectivity index (χ2n) is 9.48. The molecule has 0 saturated heterocycles. The smallest absolute Gasteiger partial charge is 0.308 e. The molecule has 3 N–H and O–H groups in total. The van der Waals surface area contributed by atoms with Crippen LogP contribution in [0.15, 0.2) is 24.3 Å². The van der Waals surface area contributed by atoms with E-state index in [9.17, 15) is 14.4 Å². The number of carbonyl (C=O) groups excluding carboxylic acids is 3. The zero-order chi connectivity index (χ0) is 25.4. The van der Waals surface area contributed by atoms with Gasteiger partial charge in [0.05, 0.1) is 24.8 Å².